The summed E-state index contributed by atoms with van der Waals surface area (Å²) in [7, 11) is -3.93. The highest BCUT2D eigenvalue weighted by atomic mass is 32.2. The van der Waals surface area contributed by atoms with Gasteiger partial charge in [-0.25, -0.2) is 22.5 Å². The van der Waals surface area contributed by atoms with Gasteiger partial charge in [-0.3, -0.25) is 4.57 Å². The van der Waals surface area contributed by atoms with Crippen LogP contribution in [0.15, 0.2) is 71.8 Å². The minimum Gasteiger partial charge on any atom is -0.426 e. The number of aromatic nitrogens is 2. The summed E-state index contributed by atoms with van der Waals surface area (Å²) in [4.78, 5) is 4.37. The van der Waals surface area contributed by atoms with E-state index in [-0.39, 0.29) is 10.3 Å². The van der Waals surface area contributed by atoms with Gasteiger partial charge >= 0.3 is 6.01 Å². The molecule has 1 N–H and O–H groups in total. The van der Waals surface area contributed by atoms with Crippen molar-refractivity contribution in [2.75, 3.05) is 0 Å². The summed E-state index contributed by atoms with van der Waals surface area (Å²) in [6.07, 6.45) is 1.60. The van der Waals surface area contributed by atoms with Gasteiger partial charge in [0.1, 0.15) is 11.6 Å². The smallest absolute Gasteiger partial charge is 0.302 e. The molecule has 4 rings (SSSR count). The molecule has 166 valence electrons. The van der Waals surface area contributed by atoms with E-state index in [0.29, 0.717) is 29.4 Å². The van der Waals surface area contributed by atoms with Crippen LogP contribution in [-0.4, -0.2) is 18.0 Å². The lowest BCUT2D eigenvalue weighted by Crippen LogP contribution is -2.28. The zero-order valence-electron chi connectivity index (χ0n) is 18.0. The average molecular weight is 454 g/mol. The first-order valence-corrected chi connectivity index (χ1v) is 11.8. The first-order chi connectivity index (χ1) is 15.3. The number of halogens is 1. The van der Waals surface area contributed by atoms with Crippen LogP contribution < -0.4 is 9.46 Å². The van der Waals surface area contributed by atoms with Crippen LogP contribution >= 0.6 is 0 Å². The van der Waals surface area contributed by atoms with Gasteiger partial charge in [-0.05, 0) is 45.0 Å². The van der Waals surface area contributed by atoms with Gasteiger partial charge < -0.3 is 4.74 Å². The molecule has 0 fully saturated rings. The molecule has 1 heterocycles. The minimum absolute atomic E-state index is 0.0278. The van der Waals surface area contributed by atoms with Crippen LogP contribution in [-0.2, 0) is 16.6 Å². The molecule has 0 aliphatic rings. The number of nitrogens with zero attached hydrogens (tertiary/aromatic N) is 2. The van der Waals surface area contributed by atoms with Gasteiger partial charge in [-0.15, -0.1) is 0 Å². The van der Waals surface area contributed by atoms with E-state index >= 15 is 0 Å². The number of ether oxygens (including phenoxy) is 1. The number of fused-ring (bicyclic) bond motifs is 1. The highest BCUT2D eigenvalue weighted by molar-refractivity contribution is 7.89. The molecule has 0 saturated heterocycles. The maximum absolute atomic E-state index is 14.1. The number of benzene rings is 3. The molecule has 0 amide bonds. The number of hydrogen-bond acceptors (Lipinski definition) is 4. The molecular weight excluding hydrogens is 429 g/mol. The van der Waals surface area contributed by atoms with Gasteiger partial charge in [0.2, 0.25) is 10.0 Å². The van der Waals surface area contributed by atoms with Crippen molar-refractivity contribution in [1.82, 2.24) is 14.3 Å². The fraction of sp³-hybridized carbons (Fsp3) is 0.208. The number of aryl methyl sites for hydroxylation is 1. The summed E-state index contributed by atoms with van der Waals surface area (Å²) >= 11 is 0. The van der Waals surface area contributed by atoms with Gasteiger partial charge in [0, 0.05) is 17.3 Å². The number of imidazole rings is 1. The van der Waals surface area contributed by atoms with E-state index in [0.717, 1.165) is 5.56 Å². The zero-order valence-corrected chi connectivity index (χ0v) is 18.9. The van der Waals surface area contributed by atoms with Crippen molar-refractivity contribution >= 4 is 20.8 Å². The third kappa shape index (κ3) is 4.24. The third-order valence-electron chi connectivity index (χ3n) is 5.29. The van der Waals surface area contributed by atoms with Gasteiger partial charge in [-0.1, -0.05) is 42.0 Å². The lowest BCUT2D eigenvalue weighted by Gasteiger charge is -2.18. The van der Waals surface area contributed by atoms with E-state index in [4.69, 9.17) is 4.74 Å². The molecule has 0 radical (unpaired) electrons. The number of hydrogen-bond donors (Lipinski definition) is 1. The predicted octanol–water partition coefficient (Wildman–Crippen LogP) is 5.34. The molecule has 8 heteroatoms. The Labute approximate surface area is 186 Å². The second kappa shape index (κ2) is 8.72. The summed E-state index contributed by atoms with van der Waals surface area (Å²) in [6.45, 7) is 6.21. The Balaban J connectivity index is 1.63. The van der Waals surface area contributed by atoms with Gasteiger partial charge in [-0.2, -0.15) is 0 Å². The number of sulfonamides is 1. The summed E-state index contributed by atoms with van der Waals surface area (Å²) in [5, 5.41) is 0.593. The van der Waals surface area contributed by atoms with Crippen molar-refractivity contribution in [3.63, 3.8) is 0 Å². The maximum Gasteiger partial charge on any atom is 0.302 e. The van der Waals surface area contributed by atoms with Gasteiger partial charge in [0.15, 0.2) is 0 Å². The fourth-order valence-electron chi connectivity index (χ4n) is 3.65. The van der Waals surface area contributed by atoms with Crippen molar-refractivity contribution in [3.8, 4) is 11.8 Å². The molecular formula is C24H24FN3O3S. The van der Waals surface area contributed by atoms with E-state index in [2.05, 4.69) is 9.71 Å². The maximum atomic E-state index is 14.1. The second-order valence-electron chi connectivity index (χ2n) is 7.56. The molecule has 32 heavy (non-hydrogen) atoms. The van der Waals surface area contributed by atoms with Crippen LogP contribution in [0.25, 0.3) is 10.8 Å². The van der Waals surface area contributed by atoms with Crippen molar-refractivity contribution in [2.24, 2.45) is 0 Å². The largest absolute Gasteiger partial charge is 0.426 e. The number of rotatable bonds is 7. The Morgan fingerprint density at radius 1 is 1.06 bits per heavy atom. The zero-order chi connectivity index (χ0) is 22.9. The van der Waals surface area contributed by atoms with E-state index < -0.39 is 21.9 Å². The Morgan fingerprint density at radius 2 is 1.75 bits per heavy atom. The molecule has 0 bridgehead atoms. The molecule has 0 aliphatic carbocycles. The van der Waals surface area contributed by atoms with Gasteiger partial charge in [0.25, 0.3) is 0 Å². The molecule has 4 aromatic rings. The van der Waals surface area contributed by atoms with Crippen LogP contribution in [0.3, 0.4) is 0 Å². The molecule has 1 aromatic heterocycles. The quantitative estimate of drug-likeness (QED) is 0.410. The van der Waals surface area contributed by atoms with Crippen molar-refractivity contribution in [1.29, 1.82) is 0 Å². The molecule has 1 unspecified atom stereocenters. The number of nitrogens with one attached hydrogen (secondary N) is 1. The standard InChI is InChI=1S/C24H24FN3O3S/c1-4-28-22(15-26-24(28)31-18-11-9-16(2)10-12-18)17(3)27-32(29,30)23-14-13-21(25)19-7-5-6-8-20(19)23/h5-15,17,27H,4H2,1-3H3. The fourth-order valence-corrected chi connectivity index (χ4v) is 5.08. The molecule has 1 atom stereocenters. The summed E-state index contributed by atoms with van der Waals surface area (Å²) in [5.41, 5.74) is 1.78. The van der Waals surface area contributed by atoms with Crippen LogP contribution in [0.1, 0.15) is 31.1 Å². The summed E-state index contributed by atoms with van der Waals surface area (Å²) in [5.74, 6) is 0.183. The summed E-state index contributed by atoms with van der Waals surface area (Å²) < 4.78 is 50.9. The van der Waals surface area contributed by atoms with Crippen molar-refractivity contribution < 1.29 is 17.5 Å². The Bertz CT molecular complexity index is 1370. The Morgan fingerprint density at radius 3 is 2.44 bits per heavy atom. The second-order valence-corrected chi connectivity index (χ2v) is 9.24. The van der Waals surface area contributed by atoms with E-state index in [1.807, 2.05) is 42.7 Å². The SMILES string of the molecule is CCn1c(C(C)NS(=O)(=O)c2ccc(F)c3ccccc23)cnc1Oc1ccc(C)cc1. The van der Waals surface area contributed by atoms with Crippen LogP contribution in [0.2, 0.25) is 0 Å². The van der Waals surface area contributed by atoms with E-state index in [1.165, 1.54) is 12.1 Å². The lowest BCUT2D eigenvalue weighted by atomic mass is 10.1. The van der Waals surface area contributed by atoms with Crippen LogP contribution in [0.4, 0.5) is 4.39 Å². The summed E-state index contributed by atoms with van der Waals surface area (Å²) in [6, 6.07) is 16.4. The van der Waals surface area contributed by atoms with Crippen LogP contribution in [0.5, 0.6) is 11.8 Å². The van der Waals surface area contributed by atoms with Crippen molar-refractivity contribution in [3.05, 3.63) is 83.9 Å². The normalized spacial score (nSPS) is 12.8. The molecule has 0 saturated carbocycles. The predicted molar refractivity (Wildman–Crippen MR) is 122 cm³/mol. The average Bonchev–Trinajstić information content (AvgIpc) is 3.18. The molecule has 0 aliphatic heterocycles. The van der Waals surface area contributed by atoms with E-state index in [1.54, 1.807) is 37.4 Å². The van der Waals surface area contributed by atoms with Crippen molar-refractivity contribution in [2.45, 2.75) is 38.3 Å². The first kappa shape index (κ1) is 22.0. The highest BCUT2D eigenvalue weighted by Gasteiger charge is 2.24. The monoisotopic (exact) mass is 453 g/mol. The lowest BCUT2D eigenvalue weighted by molar-refractivity contribution is 0.408. The molecule has 0 spiro atoms. The molecule has 6 nitrogen and oxygen atoms in total. The minimum atomic E-state index is -3.93. The first-order valence-electron chi connectivity index (χ1n) is 10.3. The Hall–Kier alpha value is -3.23. The Kier molecular flexibility index (Phi) is 5.99. The highest BCUT2D eigenvalue weighted by Crippen LogP contribution is 2.28. The third-order valence-corrected chi connectivity index (χ3v) is 6.89. The van der Waals surface area contributed by atoms with Crippen LogP contribution in [0, 0.1) is 12.7 Å². The van der Waals surface area contributed by atoms with Gasteiger partial charge in [0.05, 0.1) is 22.8 Å². The van der Waals surface area contributed by atoms with E-state index in [9.17, 15) is 12.8 Å². The molecule has 3 aromatic carbocycles. The topological polar surface area (TPSA) is 73.2 Å².